The zero-order valence-corrected chi connectivity index (χ0v) is 11.9. The van der Waals surface area contributed by atoms with E-state index in [1.807, 2.05) is 30.6 Å². The Labute approximate surface area is 116 Å². The summed E-state index contributed by atoms with van der Waals surface area (Å²) >= 11 is 1.91. The molecule has 1 aliphatic rings. The fourth-order valence-corrected chi connectivity index (χ4v) is 3.34. The van der Waals surface area contributed by atoms with Gasteiger partial charge in [-0.1, -0.05) is 0 Å². The Morgan fingerprint density at radius 3 is 3.00 bits per heavy atom. The van der Waals surface area contributed by atoms with E-state index in [0.29, 0.717) is 24.2 Å². The first-order valence-electron chi connectivity index (χ1n) is 6.32. The third kappa shape index (κ3) is 3.28. The van der Waals surface area contributed by atoms with Crippen LogP contribution in [0.4, 0.5) is 17.3 Å². The minimum absolute atomic E-state index is 0.0819. The lowest BCUT2D eigenvalue weighted by atomic mass is 10.2. The first-order chi connectivity index (χ1) is 9.11. The lowest BCUT2D eigenvalue weighted by Gasteiger charge is -2.25. The average molecular weight is 282 g/mol. The highest BCUT2D eigenvalue weighted by Gasteiger charge is 2.23. The standard InChI is InChI=1S/C12H18N4O2S/c1-3-13-11-6-10(16(17)18)7-12(14-11)15(2)9-4-5-19-8-9/h6-7,9H,3-5,8H2,1-2H3,(H,13,14). The van der Waals surface area contributed by atoms with Gasteiger partial charge in [0.25, 0.3) is 5.69 Å². The summed E-state index contributed by atoms with van der Waals surface area (Å²) < 4.78 is 0. The molecule has 0 radical (unpaired) electrons. The number of nitrogens with zero attached hydrogens (tertiary/aromatic N) is 3. The molecule has 1 aromatic rings. The van der Waals surface area contributed by atoms with Crippen molar-refractivity contribution >= 4 is 29.1 Å². The Bertz CT molecular complexity index is 463. The number of anilines is 2. The van der Waals surface area contributed by atoms with Gasteiger partial charge in [-0.2, -0.15) is 11.8 Å². The van der Waals surface area contributed by atoms with Gasteiger partial charge in [0, 0.05) is 25.4 Å². The maximum atomic E-state index is 11.0. The van der Waals surface area contributed by atoms with E-state index in [9.17, 15) is 10.1 Å². The molecule has 6 nitrogen and oxygen atoms in total. The second-order valence-corrected chi connectivity index (χ2v) is 5.63. The van der Waals surface area contributed by atoms with Crippen molar-refractivity contribution in [1.82, 2.24) is 4.98 Å². The van der Waals surface area contributed by atoms with Crippen LogP contribution in [0, 0.1) is 10.1 Å². The molecule has 1 aliphatic heterocycles. The molecule has 2 heterocycles. The number of hydrogen-bond acceptors (Lipinski definition) is 6. The van der Waals surface area contributed by atoms with Crippen LogP contribution in [0.25, 0.3) is 0 Å². The van der Waals surface area contributed by atoms with E-state index >= 15 is 0 Å². The average Bonchev–Trinajstić information content (AvgIpc) is 2.91. The van der Waals surface area contributed by atoms with E-state index in [2.05, 4.69) is 10.3 Å². The van der Waals surface area contributed by atoms with Crippen LogP contribution in [0.1, 0.15) is 13.3 Å². The normalized spacial score (nSPS) is 18.3. The van der Waals surface area contributed by atoms with Gasteiger partial charge in [-0.25, -0.2) is 4.98 Å². The van der Waals surface area contributed by atoms with Crippen molar-refractivity contribution in [3.63, 3.8) is 0 Å². The zero-order valence-electron chi connectivity index (χ0n) is 11.1. The summed E-state index contributed by atoms with van der Waals surface area (Å²) in [6.07, 6.45) is 1.10. The van der Waals surface area contributed by atoms with Crippen LogP contribution in [0.5, 0.6) is 0 Å². The molecule has 0 aromatic carbocycles. The third-order valence-electron chi connectivity index (χ3n) is 3.18. The van der Waals surface area contributed by atoms with Gasteiger partial charge in [0.05, 0.1) is 17.1 Å². The third-order valence-corrected chi connectivity index (χ3v) is 4.32. The van der Waals surface area contributed by atoms with Crippen LogP contribution in [0.15, 0.2) is 12.1 Å². The van der Waals surface area contributed by atoms with Crippen LogP contribution in [0.2, 0.25) is 0 Å². The molecule has 0 saturated carbocycles. The molecule has 19 heavy (non-hydrogen) atoms. The Morgan fingerprint density at radius 2 is 2.42 bits per heavy atom. The molecular weight excluding hydrogens is 264 g/mol. The summed E-state index contributed by atoms with van der Waals surface area (Å²) in [4.78, 5) is 17.1. The minimum Gasteiger partial charge on any atom is -0.370 e. The van der Waals surface area contributed by atoms with E-state index in [4.69, 9.17) is 0 Å². The summed E-state index contributed by atoms with van der Waals surface area (Å²) in [5.74, 6) is 3.42. The van der Waals surface area contributed by atoms with Gasteiger partial charge in [-0.3, -0.25) is 10.1 Å². The topological polar surface area (TPSA) is 71.3 Å². The van der Waals surface area contributed by atoms with Gasteiger partial charge in [0.1, 0.15) is 11.6 Å². The number of rotatable bonds is 5. The highest BCUT2D eigenvalue weighted by Crippen LogP contribution is 2.28. The van der Waals surface area contributed by atoms with Crippen LogP contribution in [-0.2, 0) is 0 Å². The summed E-state index contributed by atoms with van der Waals surface area (Å²) in [6.45, 7) is 2.63. The monoisotopic (exact) mass is 282 g/mol. The second-order valence-electron chi connectivity index (χ2n) is 4.48. The van der Waals surface area contributed by atoms with Crippen molar-refractivity contribution in [3.8, 4) is 0 Å². The van der Waals surface area contributed by atoms with E-state index < -0.39 is 0 Å². The predicted molar refractivity (Wildman–Crippen MR) is 79.2 cm³/mol. The van der Waals surface area contributed by atoms with Gasteiger partial charge in [0.2, 0.25) is 0 Å². The number of pyridine rings is 1. The van der Waals surface area contributed by atoms with E-state index in [1.54, 1.807) is 6.07 Å². The Kier molecular flexibility index (Phi) is 4.47. The number of aromatic nitrogens is 1. The number of nitrogens with one attached hydrogen (secondary N) is 1. The van der Waals surface area contributed by atoms with Crippen molar-refractivity contribution in [2.45, 2.75) is 19.4 Å². The van der Waals surface area contributed by atoms with E-state index in [1.165, 1.54) is 6.07 Å². The molecule has 104 valence electrons. The van der Waals surface area contributed by atoms with Crippen molar-refractivity contribution in [2.75, 3.05) is 35.3 Å². The van der Waals surface area contributed by atoms with Gasteiger partial charge < -0.3 is 10.2 Å². The molecule has 0 amide bonds. The molecule has 1 fully saturated rings. The maximum absolute atomic E-state index is 11.0. The number of thioether (sulfide) groups is 1. The van der Waals surface area contributed by atoms with E-state index in [-0.39, 0.29) is 10.6 Å². The Morgan fingerprint density at radius 1 is 1.63 bits per heavy atom. The molecule has 0 bridgehead atoms. The van der Waals surface area contributed by atoms with Crippen LogP contribution in [0.3, 0.4) is 0 Å². The largest absolute Gasteiger partial charge is 0.370 e. The summed E-state index contributed by atoms with van der Waals surface area (Å²) in [5.41, 5.74) is 0.0819. The number of hydrogen-bond donors (Lipinski definition) is 1. The van der Waals surface area contributed by atoms with Gasteiger partial charge in [-0.05, 0) is 19.1 Å². The van der Waals surface area contributed by atoms with Crippen LogP contribution >= 0.6 is 11.8 Å². The smallest absolute Gasteiger partial charge is 0.276 e. The minimum atomic E-state index is -0.372. The van der Waals surface area contributed by atoms with Gasteiger partial charge in [-0.15, -0.1) is 0 Å². The fourth-order valence-electron chi connectivity index (χ4n) is 2.07. The van der Waals surface area contributed by atoms with Crippen LogP contribution < -0.4 is 10.2 Å². The first-order valence-corrected chi connectivity index (χ1v) is 7.48. The van der Waals surface area contributed by atoms with Crippen LogP contribution in [-0.4, -0.2) is 41.0 Å². The fraction of sp³-hybridized carbons (Fsp3) is 0.583. The lowest BCUT2D eigenvalue weighted by Crippen LogP contribution is -2.32. The summed E-state index contributed by atoms with van der Waals surface area (Å²) in [5, 5.41) is 14.0. The molecule has 1 aromatic heterocycles. The molecule has 0 aliphatic carbocycles. The van der Waals surface area contributed by atoms with Crippen molar-refractivity contribution in [2.24, 2.45) is 0 Å². The Hall–Kier alpha value is -1.50. The highest BCUT2D eigenvalue weighted by molar-refractivity contribution is 7.99. The zero-order chi connectivity index (χ0) is 13.8. The SMILES string of the molecule is CCNc1cc([N+](=O)[O-])cc(N(C)C2CCSC2)n1. The second kappa shape index (κ2) is 6.10. The first kappa shape index (κ1) is 13.9. The predicted octanol–water partition coefficient (Wildman–Crippen LogP) is 2.36. The summed E-state index contributed by atoms with van der Waals surface area (Å²) in [6, 6.07) is 3.43. The maximum Gasteiger partial charge on any atom is 0.276 e. The van der Waals surface area contributed by atoms with E-state index in [0.717, 1.165) is 17.9 Å². The van der Waals surface area contributed by atoms with Gasteiger partial charge in [0.15, 0.2) is 0 Å². The number of nitro groups is 1. The molecule has 1 N–H and O–H groups in total. The van der Waals surface area contributed by atoms with Crippen molar-refractivity contribution in [3.05, 3.63) is 22.2 Å². The Balaban J connectivity index is 2.29. The van der Waals surface area contributed by atoms with Crippen molar-refractivity contribution < 1.29 is 4.92 Å². The summed E-state index contributed by atoms with van der Waals surface area (Å²) in [7, 11) is 1.96. The molecule has 1 atom stereocenters. The molecule has 7 heteroatoms. The molecule has 0 spiro atoms. The molecule has 1 unspecified atom stereocenters. The lowest BCUT2D eigenvalue weighted by molar-refractivity contribution is -0.384. The quantitative estimate of drug-likeness (QED) is 0.660. The highest BCUT2D eigenvalue weighted by atomic mass is 32.2. The molecule has 2 rings (SSSR count). The van der Waals surface area contributed by atoms with Gasteiger partial charge >= 0.3 is 0 Å². The van der Waals surface area contributed by atoms with Crippen molar-refractivity contribution in [1.29, 1.82) is 0 Å². The molecular formula is C12H18N4O2S. The molecule has 1 saturated heterocycles.